The van der Waals surface area contributed by atoms with Crippen LogP contribution in [0, 0.1) is 5.92 Å². The van der Waals surface area contributed by atoms with E-state index in [4.69, 9.17) is 5.11 Å². The molecule has 0 saturated heterocycles. The Kier molecular flexibility index (Phi) is 4.84. The van der Waals surface area contributed by atoms with Gasteiger partial charge in [-0.15, -0.1) is 10.2 Å². The van der Waals surface area contributed by atoms with Gasteiger partial charge in [-0.25, -0.2) is 4.79 Å². The first-order valence-electron chi connectivity index (χ1n) is 5.38. The normalized spacial score (nSPS) is 12.3. The van der Waals surface area contributed by atoms with Crippen LogP contribution >= 0.6 is 0 Å². The minimum Gasteiger partial charge on any atom is -0.464 e. The summed E-state index contributed by atoms with van der Waals surface area (Å²) in [6.07, 6.45) is 0. The molecule has 1 aromatic rings. The third-order valence-corrected chi connectivity index (χ3v) is 2.39. The van der Waals surface area contributed by atoms with Crippen LogP contribution in [0.15, 0.2) is 12.1 Å². The molecule has 0 aliphatic rings. The fraction of sp³-hybridized carbons (Fsp3) is 0.545. The molecule has 1 unspecified atom stereocenters. The number of anilines is 1. The summed E-state index contributed by atoms with van der Waals surface area (Å²) in [5, 5.41) is 19.8. The molecule has 0 aromatic carbocycles. The minimum atomic E-state index is -0.522. The Hall–Kier alpha value is -1.69. The van der Waals surface area contributed by atoms with Crippen molar-refractivity contribution in [2.75, 3.05) is 19.0 Å². The van der Waals surface area contributed by atoms with E-state index in [-0.39, 0.29) is 24.3 Å². The molecule has 6 nitrogen and oxygen atoms in total. The first-order chi connectivity index (χ1) is 8.08. The second-order valence-electron chi connectivity index (χ2n) is 3.97. The Morgan fingerprint density at radius 2 is 2.18 bits per heavy atom. The van der Waals surface area contributed by atoms with E-state index in [9.17, 15) is 4.79 Å². The van der Waals surface area contributed by atoms with E-state index in [2.05, 4.69) is 20.3 Å². The van der Waals surface area contributed by atoms with E-state index in [0.29, 0.717) is 5.82 Å². The van der Waals surface area contributed by atoms with Crippen LogP contribution in [-0.4, -0.2) is 41.0 Å². The maximum absolute atomic E-state index is 11.1. The summed E-state index contributed by atoms with van der Waals surface area (Å²) in [7, 11) is 1.29. The molecule has 6 heteroatoms. The molecule has 2 N–H and O–H groups in total. The Morgan fingerprint density at radius 3 is 2.59 bits per heavy atom. The Balaban J connectivity index is 2.71. The van der Waals surface area contributed by atoms with Crippen LogP contribution in [-0.2, 0) is 4.74 Å². The van der Waals surface area contributed by atoms with Gasteiger partial charge >= 0.3 is 5.97 Å². The number of carbonyl (C=O) groups excluding carboxylic acids is 1. The molecular weight excluding hydrogens is 222 g/mol. The zero-order chi connectivity index (χ0) is 12.8. The summed E-state index contributed by atoms with van der Waals surface area (Å²) < 4.78 is 4.51. The number of aliphatic hydroxyl groups excluding tert-OH is 1. The van der Waals surface area contributed by atoms with Gasteiger partial charge in [-0.3, -0.25) is 0 Å². The van der Waals surface area contributed by atoms with Gasteiger partial charge in [0.25, 0.3) is 0 Å². The van der Waals surface area contributed by atoms with Gasteiger partial charge in [-0.2, -0.15) is 0 Å². The van der Waals surface area contributed by atoms with Crippen LogP contribution in [0.4, 0.5) is 5.82 Å². The lowest BCUT2D eigenvalue weighted by molar-refractivity contribution is 0.0592. The molecule has 17 heavy (non-hydrogen) atoms. The highest BCUT2D eigenvalue weighted by molar-refractivity contribution is 5.86. The predicted molar refractivity (Wildman–Crippen MR) is 62.7 cm³/mol. The lowest BCUT2D eigenvalue weighted by atomic mass is 10.1. The van der Waals surface area contributed by atoms with Crippen molar-refractivity contribution in [3.8, 4) is 0 Å². The van der Waals surface area contributed by atoms with Crippen LogP contribution in [0.25, 0.3) is 0 Å². The van der Waals surface area contributed by atoms with Gasteiger partial charge in [0, 0.05) is 0 Å². The lowest BCUT2D eigenvalue weighted by Gasteiger charge is -2.19. The number of esters is 1. The van der Waals surface area contributed by atoms with Crippen LogP contribution in [0.5, 0.6) is 0 Å². The van der Waals surface area contributed by atoms with Gasteiger partial charge in [-0.1, -0.05) is 13.8 Å². The van der Waals surface area contributed by atoms with E-state index in [1.807, 2.05) is 13.8 Å². The van der Waals surface area contributed by atoms with Gasteiger partial charge in [0.2, 0.25) is 0 Å². The lowest BCUT2D eigenvalue weighted by Crippen LogP contribution is -2.30. The molecule has 1 aromatic heterocycles. The largest absolute Gasteiger partial charge is 0.464 e. The smallest absolute Gasteiger partial charge is 0.358 e. The number of methoxy groups -OCH3 is 1. The van der Waals surface area contributed by atoms with E-state index >= 15 is 0 Å². The second-order valence-corrected chi connectivity index (χ2v) is 3.97. The maximum Gasteiger partial charge on any atom is 0.358 e. The second kappa shape index (κ2) is 6.15. The molecule has 0 amide bonds. The van der Waals surface area contributed by atoms with Crippen molar-refractivity contribution >= 4 is 11.8 Å². The third kappa shape index (κ3) is 3.67. The topological polar surface area (TPSA) is 84.3 Å². The summed E-state index contributed by atoms with van der Waals surface area (Å²) in [5.41, 5.74) is 0.156. The van der Waals surface area contributed by atoms with E-state index in [0.717, 1.165) is 0 Å². The highest BCUT2D eigenvalue weighted by Gasteiger charge is 2.13. The zero-order valence-electron chi connectivity index (χ0n) is 10.2. The van der Waals surface area contributed by atoms with Crippen molar-refractivity contribution in [3.63, 3.8) is 0 Å². The molecular formula is C11H17N3O3. The Morgan fingerprint density at radius 1 is 1.47 bits per heavy atom. The first kappa shape index (κ1) is 13.4. The molecule has 1 rings (SSSR count). The summed E-state index contributed by atoms with van der Waals surface area (Å²) in [4.78, 5) is 11.1. The molecule has 0 aliphatic carbocycles. The summed E-state index contributed by atoms with van der Waals surface area (Å²) >= 11 is 0. The van der Waals surface area contributed by atoms with Crippen molar-refractivity contribution in [2.45, 2.75) is 19.9 Å². The van der Waals surface area contributed by atoms with E-state index < -0.39 is 5.97 Å². The molecule has 1 heterocycles. The van der Waals surface area contributed by atoms with Crippen LogP contribution < -0.4 is 5.32 Å². The fourth-order valence-corrected chi connectivity index (χ4v) is 1.24. The average molecular weight is 239 g/mol. The third-order valence-electron chi connectivity index (χ3n) is 2.39. The number of hydrogen-bond donors (Lipinski definition) is 2. The van der Waals surface area contributed by atoms with E-state index in [1.54, 1.807) is 6.07 Å². The molecule has 1 atom stereocenters. The van der Waals surface area contributed by atoms with Crippen LogP contribution in [0.2, 0.25) is 0 Å². The molecule has 0 radical (unpaired) electrons. The monoisotopic (exact) mass is 239 g/mol. The SMILES string of the molecule is COC(=O)c1ccc(NC(CO)C(C)C)nn1. The predicted octanol–water partition coefficient (Wildman–Crippen LogP) is 0.692. The maximum atomic E-state index is 11.1. The molecule has 0 aliphatic heterocycles. The number of carbonyl (C=O) groups is 1. The van der Waals surface area contributed by atoms with Crippen LogP contribution in [0.3, 0.4) is 0 Å². The van der Waals surface area contributed by atoms with Gasteiger partial charge in [0.1, 0.15) is 5.82 Å². The average Bonchev–Trinajstić information content (AvgIpc) is 2.35. The Labute approximate surface area is 100 Å². The van der Waals surface area contributed by atoms with Crippen molar-refractivity contribution < 1.29 is 14.6 Å². The molecule has 0 saturated carbocycles. The first-order valence-corrected chi connectivity index (χ1v) is 5.38. The molecule has 0 bridgehead atoms. The molecule has 0 spiro atoms. The highest BCUT2D eigenvalue weighted by Crippen LogP contribution is 2.09. The minimum absolute atomic E-state index is 0.0120. The summed E-state index contributed by atoms with van der Waals surface area (Å²) in [6.45, 7) is 3.99. The number of aromatic nitrogens is 2. The quantitative estimate of drug-likeness (QED) is 0.735. The van der Waals surface area contributed by atoms with Gasteiger partial charge in [0.05, 0.1) is 19.8 Å². The summed E-state index contributed by atoms with van der Waals surface area (Å²) in [6, 6.07) is 3.06. The fourth-order valence-electron chi connectivity index (χ4n) is 1.24. The number of aliphatic hydroxyl groups is 1. The van der Waals surface area contributed by atoms with Crippen molar-refractivity contribution in [1.82, 2.24) is 10.2 Å². The zero-order valence-corrected chi connectivity index (χ0v) is 10.2. The molecule has 0 fully saturated rings. The number of hydrogen-bond acceptors (Lipinski definition) is 6. The number of rotatable bonds is 5. The van der Waals surface area contributed by atoms with Crippen molar-refractivity contribution in [1.29, 1.82) is 0 Å². The number of nitrogens with zero attached hydrogens (tertiary/aromatic N) is 2. The molecule has 94 valence electrons. The van der Waals surface area contributed by atoms with E-state index in [1.165, 1.54) is 13.2 Å². The summed E-state index contributed by atoms with van der Waals surface area (Å²) in [5.74, 6) is 0.263. The standard InChI is InChI=1S/C11H17N3O3/c1-7(2)9(6-15)12-10-5-4-8(13-14-10)11(16)17-3/h4-5,7,9,15H,6H2,1-3H3,(H,12,14). The van der Waals surface area contributed by atoms with Gasteiger partial charge in [0.15, 0.2) is 5.69 Å². The number of ether oxygens (including phenoxy) is 1. The Bertz CT molecular complexity index is 365. The van der Waals surface area contributed by atoms with Crippen LogP contribution in [0.1, 0.15) is 24.3 Å². The van der Waals surface area contributed by atoms with Gasteiger partial charge in [-0.05, 0) is 18.1 Å². The number of nitrogens with one attached hydrogen (secondary N) is 1. The van der Waals surface area contributed by atoms with Gasteiger partial charge < -0.3 is 15.2 Å². The van der Waals surface area contributed by atoms with Crippen molar-refractivity contribution in [3.05, 3.63) is 17.8 Å². The highest BCUT2D eigenvalue weighted by atomic mass is 16.5. The van der Waals surface area contributed by atoms with Crippen molar-refractivity contribution in [2.24, 2.45) is 5.92 Å².